The van der Waals surface area contributed by atoms with Gasteiger partial charge in [-0.25, -0.2) is 0 Å². The molecule has 0 spiro atoms. The normalized spacial score (nSPS) is 18.2. The number of aliphatic hydroxyl groups excluding tert-OH is 1. The van der Waals surface area contributed by atoms with Crippen LogP contribution in [0, 0.1) is 5.41 Å². The molecule has 0 saturated carbocycles. The SMILES string of the molecule is N=CC1=C(O)C(Cl)=C(Cl)C1=O. The van der Waals surface area contributed by atoms with Crippen molar-refractivity contribution in [3.8, 4) is 0 Å². The maximum absolute atomic E-state index is 10.9. The third-order valence-corrected chi connectivity index (χ3v) is 2.07. The highest BCUT2D eigenvalue weighted by atomic mass is 35.5. The molecule has 2 N–H and O–H groups in total. The van der Waals surface area contributed by atoms with Crippen LogP contribution in [0.25, 0.3) is 0 Å². The third-order valence-electron chi connectivity index (χ3n) is 1.24. The standard InChI is InChI=1S/C6H3Cl2NO2/c7-3-4(8)6(11)2(1-9)5(3)10/h1,9-10H. The van der Waals surface area contributed by atoms with Gasteiger partial charge in [0.05, 0.1) is 5.57 Å². The van der Waals surface area contributed by atoms with E-state index in [0.29, 0.717) is 0 Å². The van der Waals surface area contributed by atoms with Crippen LogP contribution in [0.1, 0.15) is 0 Å². The zero-order valence-corrected chi connectivity index (χ0v) is 6.70. The Kier molecular flexibility index (Phi) is 2.02. The Hall–Kier alpha value is -0.800. The summed E-state index contributed by atoms with van der Waals surface area (Å²) in [6.07, 6.45) is 0.718. The molecule has 0 aromatic heterocycles. The smallest absolute Gasteiger partial charge is 0.211 e. The van der Waals surface area contributed by atoms with Crippen LogP contribution in [-0.2, 0) is 4.79 Å². The molecule has 58 valence electrons. The van der Waals surface area contributed by atoms with Crippen molar-refractivity contribution in [3.63, 3.8) is 0 Å². The van der Waals surface area contributed by atoms with E-state index in [9.17, 15) is 4.79 Å². The molecular formula is C6H3Cl2NO2. The van der Waals surface area contributed by atoms with Crippen molar-refractivity contribution in [1.29, 1.82) is 5.41 Å². The molecule has 0 aliphatic heterocycles. The maximum Gasteiger partial charge on any atom is 0.211 e. The summed E-state index contributed by atoms with van der Waals surface area (Å²) < 4.78 is 0. The van der Waals surface area contributed by atoms with Gasteiger partial charge in [-0.2, -0.15) is 0 Å². The van der Waals surface area contributed by atoms with Gasteiger partial charge in [-0.1, -0.05) is 23.2 Å². The summed E-state index contributed by atoms with van der Waals surface area (Å²) in [5.41, 5.74) is -0.167. The highest BCUT2D eigenvalue weighted by Gasteiger charge is 2.28. The summed E-state index contributed by atoms with van der Waals surface area (Å²) in [5.74, 6) is -1.03. The lowest BCUT2D eigenvalue weighted by molar-refractivity contribution is -0.111. The van der Waals surface area contributed by atoms with Crippen molar-refractivity contribution in [1.82, 2.24) is 0 Å². The minimum atomic E-state index is -0.607. The quantitative estimate of drug-likeness (QED) is 0.621. The molecule has 1 aliphatic rings. The van der Waals surface area contributed by atoms with E-state index in [1.807, 2.05) is 0 Å². The molecule has 1 aliphatic carbocycles. The van der Waals surface area contributed by atoms with Gasteiger partial charge in [-0.05, 0) is 0 Å². The molecule has 0 aromatic carbocycles. The fourth-order valence-electron chi connectivity index (χ4n) is 0.682. The number of allylic oxidation sites excluding steroid dienone is 3. The number of carbonyl (C=O) groups excluding carboxylic acids is 1. The first-order valence-electron chi connectivity index (χ1n) is 2.63. The molecule has 5 heteroatoms. The van der Waals surface area contributed by atoms with Crippen molar-refractivity contribution in [3.05, 3.63) is 21.4 Å². The number of Topliss-reactive ketones (excluding diaryl/α,β-unsaturated/α-hetero) is 1. The Morgan fingerprint density at radius 2 is 1.91 bits per heavy atom. The number of nitrogens with one attached hydrogen (secondary N) is 1. The van der Waals surface area contributed by atoms with Crippen LogP contribution in [0.3, 0.4) is 0 Å². The van der Waals surface area contributed by atoms with Gasteiger partial charge in [0.25, 0.3) is 0 Å². The Morgan fingerprint density at radius 3 is 2.09 bits per heavy atom. The van der Waals surface area contributed by atoms with E-state index in [0.717, 1.165) is 6.21 Å². The van der Waals surface area contributed by atoms with Crippen molar-refractivity contribution in [2.75, 3.05) is 0 Å². The van der Waals surface area contributed by atoms with Crippen molar-refractivity contribution >= 4 is 35.2 Å². The zero-order chi connectivity index (χ0) is 8.59. The minimum absolute atomic E-state index is 0.167. The molecule has 11 heavy (non-hydrogen) atoms. The predicted molar refractivity (Wildman–Crippen MR) is 42.2 cm³/mol. The fourth-order valence-corrected chi connectivity index (χ4v) is 1.06. The molecule has 0 atom stereocenters. The number of aliphatic hydroxyl groups is 1. The largest absolute Gasteiger partial charge is 0.505 e. The molecule has 0 aromatic rings. The average Bonchev–Trinajstić information content (AvgIpc) is 2.17. The predicted octanol–water partition coefficient (Wildman–Crippen LogP) is 1.72. The van der Waals surface area contributed by atoms with Crippen molar-refractivity contribution in [2.24, 2.45) is 0 Å². The van der Waals surface area contributed by atoms with E-state index in [1.54, 1.807) is 0 Å². The first-order chi connectivity index (χ1) is 5.09. The van der Waals surface area contributed by atoms with Crippen LogP contribution in [0.5, 0.6) is 0 Å². The van der Waals surface area contributed by atoms with Gasteiger partial charge in [0.1, 0.15) is 15.8 Å². The lowest BCUT2D eigenvalue weighted by atomic mass is 10.2. The highest BCUT2D eigenvalue weighted by Crippen LogP contribution is 2.31. The van der Waals surface area contributed by atoms with E-state index in [1.165, 1.54) is 0 Å². The molecule has 0 saturated heterocycles. The number of rotatable bonds is 1. The zero-order valence-electron chi connectivity index (χ0n) is 5.19. The maximum atomic E-state index is 10.9. The first kappa shape index (κ1) is 8.30. The summed E-state index contributed by atoms with van der Waals surface area (Å²) in [5, 5.41) is 15.3. The van der Waals surface area contributed by atoms with Gasteiger partial charge >= 0.3 is 0 Å². The molecule has 0 amide bonds. The van der Waals surface area contributed by atoms with E-state index < -0.39 is 11.5 Å². The molecule has 0 radical (unpaired) electrons. The van der Waals surface area contributed by atoms with Gasteiger partial charge < -0.3 is 10.5 Å². The number of ketones is 1. The molecule has 1 rings (SSSR count). The van der Waals surface area contributed by atoms with Crippen LogP contribution < -0.4 is 0 Å². The molecule has 3 nitrogen and oxygen atoms in total. The third kappa shape index (κ3) is 1.06. The Morgan fingerprint density at radius 1 is 1.36 bits per heavy atom. The van der Waals surface area contributed by atoms with Crippen LogP contribution in [0.4, 0.5) is 0 Å². The summed E-state index contributed by atoms with van der Waals surface area (Å²) in [4.78, 5) is 10.9. The monoisotopic (exact) mass is 191 g/mol. The molecule has 0 unspecified atom stereocenters. The van der Waals surface area contributed by atoms with Crippen molar-refractivity contribution < 1.29 is 9.90 Å². The van der Waals surface area contributed by atoms with E-state index >= 15 is 0 Å². The number of carbonyl (C=O) groups is 1. The lowest BCUT2D eigenvalue weighted by Crippen LogP contribution is -1.99. The van der Waals surface area contributed by atoms with Crippen LogP contribution in [0.2, 0.25) is 0 Å². The second kappa shape index (κ2) is 2.68. The Labute approximate surface area is 72.4 Å². The van der Waals surface area contributed by atoms with E-state index in [-0.39, 0.29) is 15.6 Å². The number of hydrogen-bond acceptors (Lipinski definition) is 3. The topological polar surface area (TPSA) is 61.1 Å². The highest BCUT2D eigenvalue weighted by molar-refractivity contribution is 6.55. The minimum Gasteiger partial charge on any atom is -0.505 e. The van der Waals surface area contributed by atoms with Crippen LogP contribution in [-0.4, -0.2) is 17.1 Å². The molecule has 0 heterocycles. The second-order valence-corrected chi connectivity index (χ2v) is 2.62. The molecule has 0 bridgehead atoms. The Bertz CT molecular complexity index is 304. The van der Waals surface area contributed by atoms with Gasteiger partial charge in [-0.15, -0.1) is 0 Å². The number of hydrogen-bond donors (Lipinski definition) is 2. The second-order valence-electron chi connectivity index (χ2n) is 1.86. The summed E-state index contributed by atoms with van der Waals surface area (Å²) >= 11 is 10.8. The summed E-state index contributed by atoms with van der Waals surface area (Å²) in [6.45, 7) is 0. The lowest BCUT2D eigenvalue weighted by Gasteiger charge is -1.89. The Balaban J connectivity index is 3.25. The molecule has 0 fully saturated rings. The van der Waals surface area contributed by atoms with E-state index in [4.69, 9.17) is 33.7 Å². The first-order valence-corrected chi connectivity index (χ1v) is 3.39. The van der Waals surface area contributed by atoms with Gasteiger partial charge in [-0.3, -0.25) is 4.79 Å². The van der Waals surface area contributed by atoms with Gasteiger partial charge in [0.15, 0.2) is 0 Å². The summed E-state index contributed by atoms with van der Waals surface area (Å²) in [6, 6.07) is 0. The van der Waals surface area contributed by atoms with Crippen molar-refractivity contribution in [2.45, 2.75) is 0 Å². The van der Waals surface area contributed by atoms with E-state index in [2.05, 4.69) is 0 Å². The van der Waals surface area contributed by atoms with Crippen LogP contribution >= 0.6 is 23.2 Å². The average molecular weight is 192 g/mol. The van der Waals surface area contributed by atoms with Gasteiger partial charge in [0.2, 0.25) is 5.78 Å². The summed E-state index contributed by atoms with van der Waals surface area (Å²) in [7, 11) is 0. The molecular weight excluding hydrogens is 189 g/mol. The fraction of sp³-hybridized carbons (Fsp3) is 0. The van der Waals surface area contributed by atoms with Crippen LogP contribution in [0.15, 0.2) is 21.4 Å². The van der Waals surface area contributed by atoms with Gasteiger partial charge in [0, 0.05) is 6.21 Å². The number of halogens is 2.